The van der Waals surface area contributed by atoms with Crippen molar-refractivity contribution in [2.24, 2.45) is 0 Å². The van der Waals surface area contributed by atoms with Crippen LogP contribution in [0.5, 0.6) is 5.75 Å². The van der Waals surface area contributed by atoms with Gasteiger partial charge >= 0.3 is 0 Å². The van der Waals surface area contributed by atoms with E-state index in [4.69, 9.17) is 26.3 Å². The Balaban J connectivity index is 2.42. The van der Waals surface area contributed by atoms with Crippen LogP contribution in [-0.2, 0) is 4.74 Å². The molecule has 1 aliphatic rings. The first-order valence-electron chi connectivity index (χ1n) is 5.10. The molecule has 0 aromatic carbocycles. The number of morpholine rings is 1. The number of hydrogen-bond acceptors (Lipinski definition) is 6. The van der Waals surface area contributed by atoms with Crippen LogP contribution in [0.2, 0.25) is 5.15 Å². The molecule has 2 rings (SSSR count). The summed E-state index contributed by atoms with van der Waals surface area (Å²) < 4.78 is 10.4. The van der Waals surface area contributed by atoms with E-state index in [-0.39, 0.29) is 11.0 Å². The van der Waals surface area contributed by atoms with Gasteiger partial charge in [-0.05, 0) is 0 Å². The zero-order chi connectivity index (χ0) is 12.3. The van der Waals surface area contributed by atoms with Gasteiger partial charge < -0.3 is 14.4 Å². The Morgan fingerprint density at radius 1 is 1.41 bits per heavy atom. The zero-order valence-electron chi connectivity index (χ0n) is 9.31. The van der Waals surface area contributed by atoms with Gasteiger partial charge in [-0.15, -0.1) is 0 Å². The number of anilines is 1. The molecule has 1 aromatic heterocycles. The van der Waals surface area contributed by atoms with E-state index >= 15 is 0 Å². The zero-order valence-corrected chi connectivity index (χ0v) is 10.1. The Labute approximate surface area is 104 Å². The van der Waals surface area contributed by atoms with Crippen LogP contribution in [0, 0.1) is 11.3 Å². The summed E-state index contributed by atoms with van der Waals surface area (Å²) in [5.41, 5.74) is 0. The van der Waals surface area contributed by atoms with Gasteiger partial charge in [-0.1, -0.05) is 11.6 Å². The number of methoxy groups -OCH3 is 1. The van der Waals surface area contributed by atoms with Crippen LogP contribution < -0.4 is 9.64 Å². The second-order valence-corrected chi connectivity index (χ2v) is 3.76. The predicted octanol–water partition coefficient (Wildman–Crippen LogP) is 0.847. The number of aromatic nitrogens is 2. The van der Waals surface area contributed by atoms with Crippen LogP contribution >= 0.6 is 11.6 Å². The fourth-order valence-corrected chi connectivity index (χ4v) is 1.87. The highest BCUT2D eigenvalue weighted by molar-refractivity contribution is 6.31. The van der Waals surface area contributed by atoms with E-state index in [1.165, 1.54) is 7.11 Å². The highest BCUT2D eigenvalue weighted by atomic mass is 35.5. The monoisotopic (exact) mass is 254 g/mol. The summed E-state index contributed by atoms with van der Waals surface area (Å²) >= 11 is 5.95. The van der Waals surface area contributed by atoms with Crippen LogP contribution in [0.15, 0.2) is 0 Å². The first-order chi connectivity index (χ1) is 8.26. The Kier molecular flexibility index (Phi) is 3.61. The van der Waals surface area contributed by atoms with Crippen LogP contribution in [0.3, 0.4) is 0 Å². The van der Waals surface area contributed by atoms with E-state index in [1.54, 1.807) is 0 Å². The lowest BCUT2D eigenvalue weighted by Crippen LogP contribution is -2.37. The van der Waals surface area contributed by atoms with Crippen molar-refractivity contribution < 1.29 is 9.47 Å². The van der Waals surface area contributed by atoms with Crippen molar-refractivity contribution in [2.45, 2.75) is 0 Å². The molecule has 90 valence electrons. The molecule has 0 unspecified atom stereocenters. The number of nitriles is 1. The standard InChI is InChI=1S/C10H11ClN4O2/c1-16-8-9(11)13-7(6-12)14-10(8)15-2-4-17-5-3-15/h2-5H2,1H3. The number of halogens is 1. The average molecular weight is 255 g/mol. The summed E-state index contributed by atoms with van der Waals surface area (Å²) in [5, 5.41) is 8.98. The quantitative estimate of drug-likeness (QED) is 0.729. The molecular weight excluding hydrogens is 244 g/mol. The van der Waals surface area contributed by atoms with E-state index in [0.717, 1.165) is 0 Å². The van der Waals surface area contributed by atoms with Gasteiger partial charge in [0.15, 0.2) is 16.7 Å². The lowest BCUT2D eigenvalue weighted by Gasteiger charge is -2.28. The van der Waals surface area contributed by atoms with E-state index in [1.807, 2.05) is 11.0 Å². The first-order valence-corrected chi connectivity index (χ1v) is 5.48. The minimum atomic E-state index is 0.0392. The smallest absolute Gasteiger partial charge is 0.235 e. The van der Waals surface area contributed by atoms with Crippen LogP contribution in [0.4, 0.5) is 5.82 Å². The van der Waals surface area contributed by atoms with Gasteiger partial charge in [0.1, 0.15) is 6.07 Å². The summed E-state index contributed by atoms with van der Waals surface area (Å²) in [6, 6.07) is 1.88. The highest BCUT2D eigenvalue weighted by Gasteiger charge is 2.21. The molecule has 2 heterocycles. The fourth-order valence-electron chi connectivity index (χ4n) is 1.63. The molecule has 0 amide bonds. The summed E-state index contributed by atoms with van der Waals surface area (Å²) in [6.07, 6.45) is 0. The molecule has 0 saturated carbocycles. The first kappa shape index (κ1) is 11.9. The summed E-state index contributed by atoms with van der Waals surface area (Å²) in [7, 11) is 1.50. The molecule has 0 bridgehead atoms. The number of rotatable bonds is 2. The SMILES string of the molecule is COc1c(Cl)nc(C#N)nc1N1CCOCC1. The Bertz CT molecular complexity index is 454. The summed E-state index contributed by atoms with van der Waals surface area (Å²) in [5.74, 6) is 0.984. The third-order valence-corrected chi connectivity index (χ3v) is 2.68. The molecular formula is C10H11ClN4O2. The van der Waals surface area contributed by atoms with Crippen molar-refractivity contribution in [1.82, 2.24) is 9.97 Å². The minimum absolute atomic E-state index is 0.0392. The van der Waals surface area contributed by atoms with Crippen molar-refractivity contribution in [3.05, 3.63) is 11.0 Å². The van der Waals surface area contributed by atoms with Crippen molar-refractivity contribution in [3.63, 3.8) is 0 Å². The van der Waals surface area contributed by atoms with Gasteiger partial charge in [-0.3, -0.25) is 0 Å². The summed E-state index contributed by atoms with van der Waals surface area (Å²) in [4.78, 5) is 9.93. The van der Waals surface area contributed by atoms with E-state index < -0.39 is 0 Å². The maximum Gasteiger partial charge on any atom is 0.235 e. The Hall–Kier alpha value is -1.58. The van der Waals surface area contributed by atoms with Gasteiger partial charge in [-0.2, -0.15) is 10.2 Å². The molecule has 0 N–H and O–H groups in total. The van der Waals surface area contributed by atoms with Crippen molar-refractivity contribution in [2.75, 3.05) is 38.3 Å². The molecule has 1 aliphatic heterocycles. The van der Waals surface area contributed by atoms with Crippen LogP contribution in [0.1, 0.15) is 5.82 Å². The van der Waals surface area contributed by atoms with Crippen LogP contribution in [0.25, 0.3) is 0 Å². The van der Waals surface area contributed by atoms with Gasteiger partial charge in [0.05, 0.1) is 20.3 Å². The van der Waals surface area contributed by atoms with Gasteiger partial charge in [0, 0.05) is 13.1 Å². The van der Waals surface area contributed by atoms with Gasteiger partial charge in [0.2, 0.25) is 5.82 Å². The second kappa shape index (κ2) is 5.17. The Morgan fingerprint density at radius 2 is 2.12 bits per heavy atom. The molecule has 17 heavy (non-hydrogen) atoms. The number of ether oxygens (including phenoxy) is 2. The third kappa shape index (κ3) is 2.40. The maximum absolute atomic E-state index is 8.83. The molecule has 1 fully saturated rings. The molecule has 0 aliphatic carbocycles. The van der Waals surface area contributed by atoms with Crippen molar-refractivity contribution >= 4 is 17.4 Å². The number of hydrogen-bond donors (Lipinski definition) is 0. The Morgan fingerprint density at radius 3 is 2.71 bits per heavy atom. The molecule has 6 nitrogen and oxygen atoms in total. The lowest BCUT2D eigenvalue weighted by atomic mass is 10.4. The van der Waals surface area contributed by atoms with Crippen LogP contribution in [-0.4, -0.2) is 43.4 Å². The van der Waals surface area contributed by atoms with Crippen molar-refractivity contribution in [1.29, 1.82) is 5.26 Å². The minimum Gasteiger partial charge on any atom is -0.490 e. The molecule has 0 atom stereocenters. The molecule has 1 saturated heterocycles. The van der Waals surface area contributed by atoms with Gasteiger partial charge in [-0.25, -0.2) is 4.98 Å². The van der Waals surface area contributed by atoms with E-state index in [2.05, 4.69) is 9.97 Å². The van der Waals surface area contributed by atoms with E-state index in [9.17, 15) is 0 Å². The fraction of sp³-hybridized carbons (Fsp3) is 0.500. The largest absolute Gasteiger partial charge is 0.490 e. The van der Waals surface area contributed by atoms with Gasteiger partial charge in [0.25, 0.3) is 0 Å². The topological polar surface area (TPSA) is 71.3 Å². The van der Waals surface area contributed by atoms with Crippen molar-refractivity contribution in [3.8, 4) is 11.8 Å². The molecule has 0 spiro atoms. The normalized spacial score (nSPS) is 15.5. The molecule has 1 aromatic rings. The second-order valence-electron chi connectivity index (χ2n) is 3.41. The average Bonchev–Trinajstić information content (AvgIpc) is 2.38. The number of nitrogens with zero attached hydrogens (tertiary/aromatic N) is 4. The van der Waals surface area contributed by atoms with E-state index in [0.29, 0.717) is 37.9 Å². The molecule has 7 heteroatoms. The highest BCUT2D eigenvalue weighted by Crippen LogP contribution is 2.32. The molecule has 0 radical (unpaired) electrons. The maximum atomic E-state index is 8.83. The predicted molar refractivity (Wildman–Crippen MR) is 61.3 cm³/mol. The third-order valence-electron chi connectivity index (χ3n) is 2.42. The lowest BCUT2D eigenvalue weighted by molar-refractivity contribution is 0.122. The summed E-state index contributed by atoms with van der Waals surface area (Å²) in [6.45, 7) is 2.61.